The summed E-state index contributed by atoms with van der Waals surface area (Å²) >= 11 is 0. The van der Waals surface area contributed by atoms with Gasteiger partial charge in [-0.05, 0) is 17.7 Å². The van der Waals surface area contributed by atoms with Crippen molar-refractivity contribution in [3.8, 4) is 0 Å². The molecule has 1 heterocycles. The maximum absolute atomic E-state index is 12.6. The first kappa shape index (κ1) is 21.7. The fourth-order valence-corrected chi connectivity index (χ4v) is 3.91. The van der Waals surface area contributed by atoms with E-state index in [1.54, 1.807) is 42.7 Å². The molecule has 2 aromatic carbocycles. The lowest BCUT2D eigenvalue weighted by Gasteiger charge is -2.10. The molecule has 0 atom stereocenters. The van der Waals surface area contributed by atoms with E-state index in [1.165, 1.54) is 12.1 Å². The normalized spacial score (nSPS) is 11.1. The van der Waals surface area contributed by atoms with Gasteiger partial charge in [0, 0.05) is 54.9 Å². The maximum atomic E-state index is 12.6. The average molecular weight is 423 g/mol. The van der Waals surface area contributed by atoms with Gasteiger partial charge in [-0.15, -0.1) is 12.4 Å². The summed E-state index contributed by atoms with van der Waals surface area (Å²) < 4.78 is 27.7. The molecule has 28 heavy (non-hydrogen) atoms. The van der Waals surface area contributed by atoms with Crippen LogP contribution in [0.25, 0.3) is 10.8 Å². The summed E-state index contributed by atoms with van der Waals surface area (Å²) in [4.78, 5) is 14.4. The molecule has 0 fully saturated rings. The van der Waals surface area contributed by atoms with E-state index in [0.717, 1.165) is 10.9 Å². The van der Waals surface area contributed by atoms with E-state index in [1.807, 2.05) is 6.07 Å². The number of fused-ring (bicyclic) bond motifs is 1. The Morgan fingerprint density at radius 3 is 2.50 bits per heavy atom. The molecule has 0 saturated heterocycles. The number of nitrogens with zero attached hydrogens (tertiary/aromatic N) is 2. The third kappa shape index (κ3) is 5.23. The van der Waals surface area contributed by atoms with Crippen molar-refractivity contribution in [2.45, 2.75) is 11.4 Å². The summed E-state index contributed by atoms with van der Waals surface area (Å²) in [5.74, 6) is 0. The van der Waals surface area contributed by atoms with Crippen LogP contribution in [0.15, 0.2) is 65.8 Å². The standard InChI is InChI=1S/C18H18N4O4S.ClH/c23-22(24)16-6-4-14(5-7-16)12-20-10-11-21-27(25,26)18-3-1-2-15-13-19-9-8-17(15)18;/h1-9,13,20-21H,10-12H2;1H. The number of pyridine rings is 1. The van der Waals surface area contributed by atoms with Gasteiger partial charge in [0.05, 0.1) is 9.82 Å². The Morgan fingerprint density at radius 2 is 1.79 bits per heavy atom. The topological polar surface area (TPSA) is 114 Å². The van der Waals surface area contributed by atoms with E-state index in [0.29, 0.717) is 18.5 Å². The molecule has 3 rings (SSSR count). The van der Waals surface area contributed by atoms with E-state index in [9.17, 15) is 18.5 Å². The molecule has 1 aromatic heterocycles. The van der Waals surface area contributed by atoms with Gasteiger partial charge in [0.1, 0.15) is 0 Å². The van der Waals surface area contributed by atoms with E-state index in [4.69, 9.17) is 0 Å². The zero-order valence-electron chi connectivity index (χ0n) is 14.7. The molecule has 0 bridgehead atoms. The predicted molar refractivity (Wildman–Crippen MR) is 109 cm³/mol. The Balaban J connectivity index is 0.00000280. The van der Waals surface area contributed by atoms with E-state index < -0.39 is 14.9 Å². The van der Waals surface area contributed by atoms with Crippen molar-refractivity contribution in [3.63, 3.8) is 0 Å². The Kier molecular flexibility index (Phi) is 7.41. The van der Waals surface area contributed by atoms with Gasteiger partial charge in [0.2, 0.25) is 10.0 Å². The second-order valence-electron chi connectivity index (χ2n) is 5.85. The molecule has 0 amide bonds. The van der Waals surface area contributed by atoms with Gasteiger partial charge < -0.3 is 5.32 Å². The van der Waals surface area contributed by atoms with Gasteiger partial charge in [-0.1, -0.05) is 24.3 Å². The summed E-state index contributed by atoms with van der Waals surface area (Å²) in [6, 6.07) is 13.0. The number of nitro groups is 1. The lowest BCUT2D eigenvalue weighted by Crippen LogP contribution is -2.31. The van der Waals surface area contributed by atoms with Crippen LogP contribution in [0.3, 0.4) is 0 Å². The molecule has 8 nitrogen and oxygen atoms in total. The van der Waals surface area contributed by atoms with Crippen LogP contribution < -0.4 is 10.0 Å². The van der Waals surface area contributed by atoms with Crippen molar-refractivity contribution >= 4 is 38.9 Å². The number of non-ortho nitro benzene ring substituents is 1. The zero-order chi connectivity index (χ0) is 19.3. The minimum Gasteiger partial charge on any atom is -0.311 e. The molecule has 148 valence electrons. The second-order valence-corrected chi connectivity index (χ2v) is 7.59. The highest BCUT2D eigenvalue weighted by atomic mass is 35.5. The number of nitro benzene ring substituents is 1. The van der Waals surface area contributed by atoms with Gasteiger partial charge in [-0.25, -0.2) is 13.1 Å². The van der Waals surface area contributed by atoms with Crippen LogP contribution in [0, 0.1) is 10.1 Å². The lowest BCUT2D eigenvalue weighted by atomic mass is 10.2. The number of sulfonamides is 1. The summed E-state index contributed by atoms with van der Waals surface area (Å²) in [6.07, 6.45) is 3.19. The summed E-state index contributed by atoms with van der Waals surface area (Å²) in [7, 11) is -3.64. The first-order chi connectivity index (χ1) is 13.0. The number of halogens is 1. The number of hydrogen-bond donors (Lipinski definition) is 2. The SMILES string of the molecule is Cl.O=[N+]([O-])c1ccc(CNCCNS(=O)(=O)c2cccc3cnccc23)cc1. The summed E-state index contributed by atoms with van der Waals surface area (Å²) in [6.45, 7) is 1.12. The minimum absolute atomic E-state index is 0. The quantitative estimate of drug-likeness (QED) is 0.327. The molecule has 0 spiro atoms. The van der Waals surface area contributed by atoms with Crippen LogP contribution in [-0.2, 0) is 16.6 Å². The first-order valence-corrected chi connectivity index (χ1v) is 9.72. The molecular weight excluding hydrogens is 404 g/mol. The Bertz CT molecular complexity index is 1050. The molecule has 10 heteroatoms. The third-order valence-electron chi connectivity index (χ3n) is 4.00. The highest BCUT2D eigenvalue weighted by Crippen LogP contribution is 2.21. The van der Waals surface area contributed by atoms with E-state index in [2.05, 4.69) is 15.0 Å². The van der Waals surface area contributed by atoms with Gasteiger partial charge in [-0.2, -0.15) is 0 Å². The van der Waals surface area contributed by atoms with Crippen molar-refractivity contribution in [3.05, 3.63) is 76.6 Å². The molecular formula is C18H19ClN4O4S. The highest BCUT2D eigenvalue weighted by molar-refractivity contribution is 7.89. The fraction of sp³-hybridized carbons (Fsp3) is 0.167. The van der Waals surface area contributed by atoms with E-state index >= 15 is 0 Å². The van der Waals surface area contributed by atoms with Crippen LogP contribution in [0.1, 0.15) is 5.56 Å². The molecule has 0 aliphatic rings. The largest absolute Gasteiger partial charge is 0.311 e. The highest BCUT2D eigenvalue weighted by Gasteiger charge is 2.16. The van der Waals surface area contributed by atoms with Crippen LogP contribution in [0.2, 0.25) is 0 Å². The Labute approximate surface area is 168 Å². The van der Waals surface area contributed by atoms with Gasteiger partial charge in [0.25, 0.3) is 5.69 Å². The van der Waals surface area contributed by atoms with Crippen LogP contribution in [0.4, 0.5) is 5.69 Å². The predicted octanol–water partition coefficient (Wildman–Crippen LogP) is 2.63. The summed E-state index contributed by atoms with van der Waals surface area (Å²) in [5, 5.41) is 15.1. The van der Waals surface area contributed by atoms with Crippen molar-refractivity contribution in [1.29, 1.82) is 0 Å². The Morgan fingerprint density at radius 1 is 1.04 bits per heavy atom. The zero-order valence-corrected chi connectivity index (χ0v) is 16.4. The Hall–Kier alpha value is -2.59. The lowest BCUT2D eigenvalue weighted by molar-refractivity contribution is -0.384. The second kappa shape index (κ2) is 9.56. The van der Waals surface area contributed by atoms with Crippen LogP contribution >= 0.6 is 12.4 Å². The number of nitrogens with one attached hydrogen (secondary N) is 2. The number of aromatic nitrogens is 1. The molecule has 2 N–H and O–H groups in total. The minimum atomic E-state index is -3.64. The van der Waals surface area contributed by atoms with Gasteiger partial charge >= 0.3 is 0 Å². The molecule has 0 unspecified atom stereocenters. The molecule has 0 aliphatic carbocycles. The number of rotatable bonds is 8. The molecule has 0 saturated carbocycles. The van der Waals surface area contributed by atoms with Gasteiger partial charge in [-0.3, -0.25) is 15.1 Å². The fourth-order valence-electron chi connectivity index (χ4n) is 2.65. The van der Waals surface area contributed by atoms with Crippen molar-refractivity contribution < 1.29 is 13.3 Å². The van der Waals surface area contributed by atoms with Crippen LogP contribution in [0.5, 0.6) is 0 Å². The molecule has 0 aliphatic heterocycles. The number of benzene rings is 2. The monoisotopic (exact) mass is 422 g/mol. The van der Waals surface area contributed by atoms with Crippen molar-refractivity contribution in [2.24, 2.45) is 0 Å². The third-order valence-corrected chi connectivity index (χ3v) is 5.52. The van der Waals surface area contributed by atoms with Crippen molar-refractivity contribution in [2.75, 3.05) is 13.1 Å². The number of hydrogen-bond acceptors (Lipinski definition) is 6. The smallest absolute Gasteiger partial charge is 0.269 e. The molecule has 0 radical (unpaired) electrons. The van der Waals surface area contributed by atoms with Crippen LogP contribution in [-0.4, -0.2) is 31.4 Å². The first-order valence-electron chi connectivity index (χ1n) is 8.24. The molecule has 3 aromatic rings. The van der Waals surface area contributed by atoms with Crippen molar-refractivity contribution in [1.82, 2.24) is 15.0 Å². The van der Waals surface area contributed by atoms with Gasteiger partial charge in [0.15, 0.2) is 0 Å². The average Bonchev–Trinajstić information content (AvgIpc) is 2.67. The summed E-state index contributed by atoms with van der Waals surface area (Å²) in [5.41, 5.74) is 0.918. The maximum Gasteiger partial charge on any atom is 0.269 e. The van der Waals surface area contributed by atoms with E-state index in [-0.39, 0.29) is 29.5 Å².